The van der Waals surface area contributed by atoms with E-state index in [1.54, 1.807) is 44.4 Å². The average Bonchev–Trinajstić information content (AvgIpc) is 3.44. The van der Waals surface area contributed by atoms with Gasteiger partial charge in [0.05, 0.1) is 27.8 Å². The van der Waals surface area contributed by atoms with Gasteiger partial charge in [-0.1, -0.05) is 37.5 Å². The standard InChI is InChI=1S/C29H34N2O5S/c1-34-23-14-11-20(12-15-23)28(29(33)30-21-8-5-4-6-9-21)31(27(32)19-24-10-7-17-37-24)22-13-16-25(35-2)26(18-22)36-3/h7,10-18,21,28H,4-6,8-9,19H2,1-3H3,(H,30,33)/t28-/m1/s1. The van der Waals surface area contributed by atoms with Crippen molar-refractivity contribution in [1.29, 1.82) is 0 Å². The van der Waals surface area contributed by atoms with Crippen molar-refractivity contribution in [3.63, 3.8) is 0 Å². The van der Waals surface area contributed by atoms with E-state index in [2.05, 4.69) is 5.32 Å². The number of amides is 2. The summed E-state index contributed by atoms with van der Waals surface area (Å²) in [5.41, 5.74) is 1.25. The van der Waals surface area contributed by atoms with Crippen LogP contribution in [0.5, 0.6) is 17.2 Å². The van der Waals surface area contributed by atoms with E-state index in [1.807, 2.05) is 41.8 Å². The Hall–Kier alpha value is -3.52. The normalized spacial score (nSPS) is 14.5. The van der Waals surface area contributed by atoms with Crippen molar-refractivity contribution < 1.29 is 23.8 Å². The summed E-state index contributed by atoms with van der Waals surface area (Å²) in [6, 6.07) is 15.7. The van der Waals surface area contributed by atoms with E-state index in [-0.39, 0.29) is 24.3 Å². The van der Waals surface area contributed by atoms with Crippen LogP contribution in [0.2, 0.25) is 0 Å². The maximum Gasteiger partial charge on any atom is 0.248 e. The number of benzene rings is 2. The lowest BCUT2D eigenvalue weighted by molar-refractivity contribution is -0.127. The SMILES string of the molecule is COc1ccc([C@H](C(=O)NC2CCCCC2)N(C(=O)Cc2cccs2)c2ccc(OC)c(OC)c2)cc1. The van der Waals surface area contributed by atoms with Crippen molar-refractivity contribution in [3.8, 4) is 17.2 Å². The van der Waals surface area contributed by atoms with Crippen molar-refractivity contribution in [2.75, 3.05) is 26.2 Å². The molecule has 0 bridgehead atoms. The molecule has 0 radical (unpaired) electrons. The third-order valence-electron chi connectivity index (χ3n) is 6.71. The van der Waals surface area contributed by atoms with Gasteiger partial charge in [-0.25, -0.2) is 0 Å². The van der Waals surface area contributed by atoms with E-state index in [0.29, 0.717) is 28.5 Å². The number of nitrogens with zero attached hydrogens (tertiary/aromatic N) is 1. The molecule has 196 valence electrons. The van der Waals surface area contributed by atoms with Gasteiger partial charge >= 0.3 is 0 Å². The number of nitrogens with one attached hydrogen (secondary N) is 1. The minimum atomic E-state index is -0.876. The highest BCUT2D eigenvalue weighted by molar-refractivity contribution is 7.10. The molecule has 8 heteroatoms. The van der Waals surface area contributed by atoms with Gasteiger partial charge in [-0.3, -0.25) is 14.5 Å². The lowest BCUT2D eigenvalue weighted by Gasteiger charge is -2.34. The summed E-state index contributed by atoms with van der Waals surface area (Å²) in [5, 5.41) is 5.19. The molecule has 7 nitrogen and oxygen atoms in total. The van der Waals surface area contributed by atoms with Gasteiger partial charge in [-0.2, -0.15) is 0 Å². The number of methoxy groups -OCH3 is 3. The molecule has 0 unspecified atom stereocenters. The zero-order valence-electron chi connectivity index (χ0n) is 21.6. The minimum absolute atomic E-state index is 0.0987. The Labute approximate surface area is 222 Å². The second-order valence-corrected chi connectivity index (χ2v) is 10.1. The molecule has 3 aromatic rings. The van der Waals surface area contributed by atoms with Gasteiger partial charge in [0.1, 0.15) is 11.8 Å². The molecular weight excluding hydrogens is 488 g/mol. The van der Waals surface area contributed by atoms with Crippen LogP contribution in [0, 0.1) is 0 Å². The number of hydrogen-bond donors (Lipinski definition) is 1. The van der Waals surface area contributed by atoms with Gasteiger partial charge in [0.2, 0.25) is 11.8 Å². The van der Waals surface area contributed by atoms with Gasteiger partial charge in [0.25, 0.3) is 0 Å². The third kappa shape index (κ3) is 6.43. The fourth-order valence-electron chi connectivity index (χ4n) is 4.79. The highest BCUT2D eigenvalue weighted by atomic mass is 32.1. The first-order valence-electron chi connectivity index (χ1n) is 12.5. The quantitative estimate of drug-likeness (QED) is 0.378. The number of hydrogen-bond acceptors (Lipinski definition) is 6. The predicted octanol–water partition coefficient (Wildman–Crippen LogP) is 5.54. The molecule has 2 amide bonds. The molecule has 37 heavy (non-hydrogen) atoms. The van der Waals surface area contributed by atoms with Crippen LogP contribution in [-0.2, 0) is 16.0 Å². The Balaban J connectivity index is 1.79. The van der Waals surface area contributed by atoms with E-state index >= 15 is 0 Å². The number of carbonyl (C=O) groups is 2. The Bertz CT molecular complexity index is 1170. The summed E-state index contributed by atoms with van der Waals surface area (Å²) in [6.45, 7) is 0. The van der Waals surface area contributed by atoms with Gasteiger partial charge in [-0.15, -0.1) is 11.3 Å². The Morgan fingerprint density at radius 3 is 2.30 bits per heavy atom. The molecule has 1 heterocycles. The lowest BCUT2D eigenvalue weighted by Crippen LogP contribution is -2.47. The molecule has 4 rings (SSSR count). The van der Waals surface area contributed by atoms with Gasteiger partial charge in [0, 0.05) is 22.7 Å². The molecule has 1 atom stereocenters. The van der Waals surface area contributed by atoms with E-state index in [0.717, 1.165) is 30.6 Å². The lowest BCUT2D eigenvalue weighted by atomic mass is 9.94. The van der Waals surface area contributed by atoms with E-state index in [9.17, 15) is 9.59 Å². The predicted molar refractivity (Wildman–Crippen MR) is 146 cm³/mol. The van der Waals surface area contributed by atoms with Crippen LogP contribution in [0.4, 0.5) is 5.69 Å². The molecule has 1 aliphatic rings. The summed E-state index contributed by atoms with van der Waals surface area (Å²) in [5.74, 6) is 1.32. The molecule has 0 aliphatic heterocycles. The fourth-order valence-corrected chi connectivity index (χ4v) is 5.49. The molecule has 1 aromatic heterocycles. The largest absolute Gasteiger partial charge is 0.497 e. The maximum absolute atomic E-state index is 14.0. The molecule has 1 N–H and O–H groups in total. The first-order chi connectivity index (χ1) is 18.0. The Kier molecular flexibility index (Phi) is 9.06. The second-order valence-electron chi connectivity index (χ2n) is 9.08. The van der Waals surface area contributed by atoms with Crippen LogP contribution in [0.1, 0.15) is 48.6 Å². The van der Waals surface area contributed by atoms with Crippen LogP contribution >= 0.6 is 11.3 Å². The minimum Gasteiger partial charge on any atom is -0.497 e. The van der Waals surface area contributed by atoms with Crippen molar-refractivity contribution in [2.24, 2.45) is 0 Å². The molecule has 2 aromatic carbocycles. The number of thiophene rings is 1. The van der Waals surface area contributed by atoms with Gasteiger partial charge < -0.3 is 19.5 Å². The number of anilines is 1. The average molecular weight is 523 g/mol. The summed E-state index contributed by atoms with van der Waals surface area (Å²) in [7, 11) is 4.72. The molecule has 0 spiro atoms. The third-order valence-corrected chi connectivity index (χ3v) is 7.59. The van der Waals surface area contributed by atoms with E-state index < -0.39 is 6.04 Å². The highest BCUT2D eigenvalue weighted by Gasteiger charge is 2.34. The van der Waals surface area contributed by atoms with Gasteiger partial charge in [-0.05, 0) is 54.1 Å². The van der Waals surface area contributed by atoms with Crippen molar-refractivity contribution >= 4 is 28.8 Å². The van der Waals surface area contributed by atoms with Crippen molar-refractivity contribution in [2.45, 2.75) is 50.6 Å². The number of rotatable bonds is 10. The van der Waals surface area contributed by atoms with Crippen molar-refractivity contribution in [3.05, 3.63) is 70.4 Å². The van der Waals surface area contributed by atoms with E-state index in [4.69, 9.17) is 14.2 Å². The summed E-state index contributed by atoms with van der Waals surface area (Å²) in [4.78, 5) is 30.4. The Morgan fingerprint density at radius 1 is 0.946 bits per heavy atom. The summed E-state index contributed by atoms with van der Waals surface area (Å²) in [6.07, 6.45) is 5.44. The smallest absolute Gasteiger partial charge is 0.248 e. The molecule has 1 fully saturated rings. The van der Waals surface area contributed by atoms with Gasteiger partial charge in [0.15, 0.2) is 11.5 Å². The van der Waals surface area contributed by atoms with E-state index in [1.165, 1.54) is 17.8 Å². The monoisotopic (exact) mass is 522 g/mol. The van der Waals surface area contributed by atoms with Crippen molar-refractivity contribution in [1.82, 2.24) is 5.32 Å². The molecule has 1 saturated carbocycles. The highest BCUT2D eigenvalue weighted by Crippen LogP contribution is 2.36. The fraction of sp³-hybridized carbons (Fsp3) is 0.379. The van der Waals surface area contributed by atoms with Crippen LogP contribution in [0.15, 0.2) is 60.0 Å². The van der Waals surface area contributed by atoms with Crippen LogP contribution in [0.25, 0.3) is 0 Å². The Morgan fingerprint density at radius 2 is 1.68 bits per heavy atom. The topological polar surface area (TPSA) is 77.1 Å². The molecular formula is C29H34N2O5S. The second kappa shape index (κ2) is 12.6. The zero-order valence-corrected chi connectivity index (χ0v) is 22.4. The van der Waals surface area contributed by atoms with Crippen LogP contribution < -0.4 is 24.4 Å². The number of ether oxygens (including phenoxy) is 3. The zero-order chi connectivity index (χ0) is 26.2. The number of carbonyl (C=O) groups excluding carboxylic acids is 2. The summed E-state index contributed by atoms with van der Waals surface area (Å²) >= 11 is 1.52. The maximum atomic E-state index is 14.0. The van der Waals surface area contributed by atoms with Crippen LogP contribution in [0.3, 0.4) is 0 Å². The van der Waals surface area contributed by atoms with Crippen LogP contribution in [-0.4, -0.2) is 39.2 Å². The summed E-state index contributed by atoms with van der Waals surface area (Å²) < 4.78 is 16.3. The molecule has 0 saturated heterocycles. The molecule has 1 aliphatic carbocycles. The first kappa shape index (κ1) is 26.5. The first-order valence-corrected chi connectivity index (χ1v) is 13.4.